The molecule has 0 saturated heterocycles. The molecule has 1 rings (SSSR count). The molecule has 18 heavy (non-hydrogen) atoms. The van der Waals surface area contributed by atoms with Crippen LogP contribution in [0.4, 0.5) is 13.2 Å². The highest BCUT2D eigenvalue weighted by molar-refractivity contribution is 7.85. The SMILES string of the molecule is CNCC(O)CS(=O)c1cccc(C(F)(F)F)c1. The molecule has 7 heteroatoms. The van der Waals surface area contributed by atoms with E-state index in [0.29, 0.717) is 0 Å². The van der Waals surface area contributed by atoms with E-state index in [1.807, 2.05) is 0 Å². The van der Waals surface area contributed by atoms with Crippen LogP contribution in [-0.2, 0) is 17.0 Å². The van der Waals surface area contributed by atoms with Crippen molar-refractivity contribution in [2.75, 3.05) is 19.3 Å². The molecule has 0 aliphatic rings. The quantitative estimate of drug-likeness (QED) is 0.857. The van der Waals surface area contributed by atoms with E-state index in [0.717, 1.165) is 12.1 Å². The van der Waals surface area contributed by atoms with Gasteiger partial charge in [0.15, 0.2) is 0 Å². The molecule has 0 fully saturated rings. The van der Waals surface area contributed by atoms with E-state index in [1.54, 1.807) is 7.05 Å². The zero-order valence-electron chi connectivity index (χ0n) is 9.70. The Kier molecular flexibility index (Phi) is 5.30. The number of rotatable bonds is 5. The van der Waals surface area contributed by atoms with Crippen LogP contribution >= 0.6 is 0 Å². The fourth-order valence-electron chi connectivity index (χ4n) is 1.38. The fourth-order valence-corrected chi connectivity index (χ4v) is 2.53. The summed E-state index contributed by atoms with van der Waals surface area (Å²) in [7, 11) is -0.0286. The van der Waals surface area contributed by atoms with E-state index in [-0.39, 0.29) is 17.2 Å². The van der Waals surface area contributed by atoms with E-state index in [1.165, 1.54) is 12.1 Å². The van der Waals surface area contributed by atoms with Gasteiger partial charge in [-0.3, -0.25) is 4.21 Å². The maximum Gasteiger partial charge on any atom is 0.416 e. The van der Waals surface area contributed by atoms with Crippen LogP contribution in [0.3, 0.4) is 0 Å². The third kappa shape index (κ3) is 4.40. The third-order valence-electron chi connectivity index (χ3n) is 2.21. The lowest BCUT2D eigenvalue weighted by Crippen LogP contribution is -2.28. The van der Waals surface area contributed by atoms with Gasteiger partial charge in [-0.2, -0.15) is 13.2 Å². The molecule has 3 nitrogen and oxygen atoms in total. The van der Waals surface area contributed by atoms with Gasteiger partial charge in [-0.15, -0.1) is 0 Å². The van der Waals surface area contributed by atoms with E-state index in [9.17, 15) is 22.5 Å². The summed E-state index contributed by atoms with van der Waals surface area (Å²) in [5, 5.41) is 12.1. The Balaban J connectivity index is 2.81. The molecule has 0 heterocycles. The van der Waals surface area contributed by atoms with Crippen molar-refractivity contribution in [3.05, 3.63) is 29.8 Å². The Morgan fingerprint density at radius 1 is 1.44 bits per heavy atom. The normalized spacial score (nSPS) is 15.4. The van der Waals surface area contributed by atoms with Crippen molar-refractivity contribution >= 4 is 10.8 Å². The van der Waals surface area contributed by atoms with Crippen molar-refractivity contribution in [2.45, 2.75) is 17.2 Å². The van der Waals surface area contributed by atoms with Gasteiger partial charge in [0.05, 0.1) is 28.2 Å². The number of aliphatic hydroxyl groups is 1. The molecule has 2 N–H and O–H groups in total. The molecule has 0 bridgehead atoms. The number of hydrogen-bond acceptors (Lipinski definition) is 3. The number of halogens is 3. The molecule has 0 spiro atoms. The van der Waals surface area contributed by atoms with Crippen molar-refractivity contribution in [1.82, 2.24) is 5.32 Å². The summed E-state index contributed by atoms with van der Waals surface area (Å²) in [5.74, 6) is -0.0951. The minimum absolute atomic E-state index is 0.0694. The van der Waals surface area contributed by atoms with E-state index in [4.69, 9.17) is 0 Å². The predicted octanol–water partition coefficient (Wildman–Crippen LogP) is 1.39. The lowest BCUT2D eigenvalue weighted by molar-refractivity contribution is -0.137. The molecule has 0 saturated carbocycles. The van der Waals surface area contributed by atoms with Crippen molar-refractivity contribution in [1.29, 1.82) is 0 Å². The van der Waals surface area contributed by atoms with Crippen molar-refractivity contribution in [2.24, 2.45) is 0 Å². The van der Waals surface area contributed by atoms with Crippen molar-refractivity contribution < 1.29 is 22.5 Å². The third-order valence-corrected chi connectivity index (χ3v) is 3.68. The predicted molar refractivity (Wildman–Crippen MR) is 62.7 cm³/mol. The standard InChI is InChI=1S/C11H14F3NO2S/c1-15-6-9(16)7-18(17)10-4-2-3-8(5-10)11(12,13)14/h2-5,9,15-16H,6-7H2,1H3. The number of hydrogen-bond donors (Lipinski definition) is 2. The lowest BCUT2D eigenvalue weighted by Gasteiger charge is -2.11. The van der Waals surface area contributed by atoms with Gasteiger partial charge >= 0.3 is 6.18 Å². The summed E-state index contributed by atoms with van der Waals surface area (Å²) < 4.78 is 49.1. The smallest absolute Gasteiger partial charge is 0.391 e. The maximum absolute atomic E-state index is 12.5. The first kappa shape index (κ1) is 15.1. The Hall–Kier alpha value is -0.920. The highest BCUT2D eigenvalue weighted by atomic mass is 32.2. The molecular formula is C11H14F3NO2S. The minimum Gasteiger partial charge on any atom is -0.391 e. The summed E-state index contributed by atoms with van der Waals surface area (Å²) in [4.78, 5) is 0.0694. The van der Waals surface area contributed by atoms with Gasteiger partial charge in [-0.25, -0.2) is 0 Å². The van der Waals surface area contributed by atoms with Gasteiger partial charge in [-0.1, -0.05) is 6.07 Å². The average molecular weight is 281 g/mol. The van der Waals surface area contributed by atoms with Crippen LogP contribution in [0, 0.1) is 0 Å². The average Bonchev–Trinajstić information content (AvgIpc) is 2.28. The highest BCUT2D eigenvalue weighted by Gasteiger charge is 2.30. The summed E-state index contributed by atoms with van der Waals surface area (Å²) in [6.07, 6.45) is -5.31. The second-order valence-corrected chi connectivity index (χ2v) is 5.25. The van der Waals surface area contributed by atoms with Crippen LogP contribution < -0.4 is 5.32 Å². The molecule has 1 aromatic rings. The molecule has 0 aromatic heterocycles. The molecule has 0 radical (unpaired) electrons. The van der Waals surface area contributed by atoms with Gasteiger partial charge < -0.3 is 10.4 Å². The molecule has 0 aliphatic carbocycles. The molecular weight excluding hydrogens is 267 g/mol. The van der Waals surface area contributed by atoms with E-state index >= 15 is 0 Å². The second kappa shape index (κ2) is 6.31. The Labute approximate surface area is 105 Å². The number of likely N-dealkylation sites (N-methyl/N-ethyl adjacent to an activating group) is 1. The van der Waals surface area contributed by atoms with Crippen LogP contribution in [-0.4, -0.2) is 34.8 Å². The van der Waals surface area contributed by atoms with Crippen molar-refractivity contribution in [3.63, 3.8) is 0 Å². The van der Waals surface area contributed by atoms with Crippen LogP contribution in [0.25, 0.3) is 0 Å². The second-order valence-electron chi connectivity index (χ2n) is 3.75. The molecule has 0 amide bonds. The maximum atomic E-state index is 12.5. The first-order chi connectivity index (χ1) is 8.34. The molecule has 2 unspecified atom stereocenters. The topological polar surface area (TPSA) is 49.3 Å². The Morgan fingerprint density at radius 3 is 2.67 bits per heavy atom. The van der Waals surface area contributed by atoms with Gasteiger partial charge in [0.25, 0.3) is 0 Å². The molecule has 1 aromatic carbocycles. The first-order valence-corrected chi connectivity index (χ1v) is 6.54. The zero-order chi connectivity index (χ0) is 13.8. The van der Waals surface area contributed by atoms with Gasteiger partial charge in [-0.05, 0) is 25.2 Å². The zero-order valence-corrected chi connectivity index (χ0v) is 10.5. The van der Waals surface area contributed by atoms with E-state index in [2.05, 4.69) is 5.32 Å². The largest absolute Gasteiger partial charge is 0.416 e. The number of nitrogens with one attached hydrogen (secondary N) is 1. The lowest BCUT2D eigenvalue weighted by atomic mass is 10.2. The van der Waals surface area contributed by atoms with Gasteiger partial charge in [0, 0.05) is 11.4 Å². The van der Waals surface area contributed by atoms with Gasteiger partial charge in [0.2, 0.25) is 0 Å². The van der Waals surface area contributed by atoms with Crippen LogP contribution in [0.15, 0.2) is 29.2 Å². The number of aliphatic hydroxyl groups excluding tert-OH is 1. The first-order valence-electron chi connectivity index (χ1n) is 5.23. The fraction of sp³-hybridized carbons (Fsp3) is 0.455. The van der Waals surface area contributed by atoms with Crippen LogP contribution in [0.1, 0.15) is 5.56 Å². The Morgan fingerprint density at radius 2 is 2.11 bits per heavy atom. The highest BCUT2D eigenvalue weighted by Crippen LogP contribution is 2.30. The minimum atomic E-state index is -4.45. The van der Waals surface area contributed by atoms with Crippen LogP contribution in [0.5, 0.6) is 0 Å². The number of benzene rings is 1. The van der Waals surface area contributed by atoms with Crippen LogP contribution in [0.2, 0.25) is 0 Å². The molecule has 0 aliphatic heterocycles. The molecule has 102 valence electrons. The van der Waals surface area contributed by atoms with E-state index < -0.39 is 28.6 Å². The van der Waals surface area contributed by atoms with Crippen molar-refractivity contribution in [3.8, 4) is 0 Å². The summed E-state index contributed by atoms with van der Waals surface area (Å²) in [5.41, 5.74) is -0.837. The summed E-state index contributed by atoms with van der Waals surface area (Å²) in [6, 6.07) is 4.34. The number of alkyl halides is 3. The van der Waals surface area contributed by atoms with Gasteiger partial charge in [0.1, 0.15) is 0 Å². The Bertz CT molecular complexity index is 423. The summed E-state index contributed by atoms with van der Waals surface area (Å²) >= 11 is 0. The summed E-state index contributed by atoms with van der Waals surface area (Å²) in [6.45, 7) is 0.241. The monoisotopic (exact) mass is 281 g/mol. The molecule has 2 atom stereocenters.